The topological polar surface area (TPSA) is 42.2 Å². The van der Waals surface area contributed by atoms with Gasteiger partial charge in [-0.2, -0.15) is 0 Å². The van der Waals surface area contributed by atoms with Crippen LogP contribution in [0.1, 0.15) is 27.2 Å². The van der Waals surface area contributed by atoms with Crippen molar-refractivity contribution in [2.45, 2.75) is 20.8 Å². The molecule has 0 aliphatic carbocycles. The van der Waals surface area contributed by atoms with Crippen LogP contribution in [-0.2, 0) is 0 Å². The van der Waals surface area contributed by atoms with E-state index in [9.17, 15) is 4.79 Å². The Balaban J connectivity index is 1.88. The summed E-state index contributed by atoms with van der Waals surface area (Å²) < 4.78 is 6.78. The summed E-state index contributed by atoms with van der Waals surface area (Å²) in [5.41, 5.74) is 4.45. The van der Waals surface area contributed by atoms with Gasteiger partial charge in [0.15, 0.2) is 0 Å². The largest absolute Gasteiger partial charge is 0.461 e. The fraction of sp³-hybridized carbons (Fsp3) is 0.150. The fourth-order valence-corrected chi connectivity index (χ4v) is 2.79. The quantitative estimate of drug-likeness (QED) is 0.612. The molecular weight excluding hydrogens is 366 g/mol. The van der Waals surface area contributed by atoms with Gasteiger partial charge in [0.25, 0.3) is 5.91 Å². The number of carbonyl (C=O) groups is 1. The molecule has 0 aliphatic rings. The Hall–Kier alpha value is -2.33. The monoisotopic (exact) mass is 383 g/mol. The van der Waals surface area contributed by atoms with Gasteiger partial charge in [0, 0.05) is 15.7 Å². The van der Waals surface area contributed by atoms with Crippen LogP contribution in [-0.4, -0.2) is 5.91 Å². The molecule has 3 nitrogen and oxygen atoms in total. The van der Waals surface area contributed by atoms with Crippen LogP contribution in [0, 0.1) is 20.8 Å². The molecule has 4 heteroatoms. The molecule has 0 saturated heterocycles. The first-order chi connectivity index (χ1) is 11.4. The van der Waals surface area contributed by atoms with E-state index < -0.39 is 0 Å². The number of furan rings is 1. The van der Waals surface area contributed by atoms with E-state index in [1.165, 1.54) is 0 Å². The van der Waals surface area contributed by atoms with Gasteiger partial charge in [0.05, 0.1) is 5.56 Å². The number of aryl methyl sites for hydroxylation is 3. The predicted octanol–water partition coefficient (Wildman–Crippen LogP) is 5.89. The number of nitrogens with one attached hydrogen (secondary N) is 1. The smallest absolute Gasteiger partial charge is 0.259 e. The van der Waals surface area contributed by atoms with Crippen LogP contribution in [0.4, 0.5) is 5.69 Å². The molecule has 0 spiro atoms. The summed E-state index contributed by atoms with van der Waals surface area (Å²) >= 11 is 3.42. The number of carbonyl (C=O) groups excluding carboxylic acids is 1. The number of amides is 1. The SMILES string of the molecule is Cc1ccc(C)c(NC(=O)c2cc(-c3ccc(Br)cc3)oc2C)c1. The zero-order valence-electron chi connectivity index (χ0n) is 13.8. The summed E-state index contributed by atoms with van der Waals surface area (Å²) in [5.74, 6) is 1.13. The number of benzene rings is 2. The highest BCUT2D eigenvalue weighted by molar-refractivity contribution is 9.10. The maximum absolute atomic E-state index is 12.6. The minimum Gasteiger partial charge on any atom is -0.461 e. The average Bonchev–Trinajstić information content (AvgIpc) is 2.93. The van der Waals surface area contributed by atoms with Crippen molar-refractivity contribution in [1.29, 1.82) is 0 Å². The summed E-state index contributed by atoms with van der Waals surface area (Å²) in [6, 6.07) is 15.6. The van der Waals surface area contributed by atoms with Crippen molar-refractivity contribution < 1.29 is 9.21 Å². The summed E-state index contributed by atoms with van der Waals surface area (Å²) in [4.78, 5) is 12.6. The van der Waals surface area contributed by atoms with Gasteiger partial charge in [-0.05, 0) is 56.2 Å². The summed E-state index contributed by atoms with van der Waals surface area (Å²) in [7, 11) is 0. The van der Waals surface area contributed by atoms with Gasteiger partial charge >= 0.3 is 0 Å². The molecule has 1 N–H and O–H groups in total. The second-order valence-electron chi connectivity index (χ2n) is 5.86. The van der Waals surface area contributed by atoms with Gasteiger partial charge in [-0.25, -0.2) is 0 Å². The van der Waals surface area contributed by atoms with Gasteiger partial charge in [-0.3, -0.25) is 4.79 Å². The first-order valence-corrected chi connectivity index (χ1v) is 8.48. The van der Waals surface area contributed by atoms with Gasteiger partial charge in [-0.1, -0.05) is 40.2 Å². The molecule has 3 aromatic rings. The Labute approximate surface area is 149 Å². The van der Waals surface area contributed by atoms with Crippen molar-refractivity contribution in [1.82, 2.24) is 0 Å². The van der Waals surface area contributed by atoms with Crippen LogP contribution in [0.5, 0.6) is 0 Å². The Morgan fingerprint density at radius 2 is 1.71 bits per heavy atom. The molecule has 3 rings (SSSR count). The molecule has 0 saturated carbocycles. The second kappa shape index (κ2) is 6.65. The third kappa shape index (κ3) is 3.44. The van der Waals surface area contributed by atoms with Gasteiger partial charge in [0.1, 0.15) is 11.5 Å². The molecule has 1 aromatic heterocycles. The van der Waals surface area contributed by atoms with E-state index in [1.807, 2.05) is 56.3 Å². The highest BCUT2D eigenvalue weighted by Gasteiger charge is 2.17. The lowest BCUT2D eigenvalue weighted by molar-refractivity contribution is 0.102. The highest BCUT2D eigenvalue weighted by Crippen LogP contribution is 2.27. The molecule has 1 amide bonds. The Kier molecular flexibility index (Phi) is 4.58. The Morgan fingerprint density at radius 1 is 1.00 bits per heavy atom. The molecule has 0 aliphatic heterocycles. The molecular formula is C20H18BrNO2. The average molecular weight is 384 g/mol. The lowest BCUT2D eigenvalue weighted by Crippen LogP contribution is -2.13. The minimum absolute atomic E-state index is 0.159. The maximum atomic E-state index is 12.6. The number of halogens is 1. The highest BCUT2D eigenvalue weighted by atomic mass is 79.9. The van der Waals surface area contributed by atoms with E-state index in [-0.39, 0.29) is 5.91 Å². The van der Waals surface area contributed by atoms with Crippen molar-refractivity contribution in [2.24, 2.45) is 0 Å². The van der Waals surface area contributed by atoms with Crippen LogP contribution in [0.2, 0.25) is 0 Å². The lowest BCUT2D eigenvalue weighted by Gasteiger charge is -2.08. The third-order valence-corrected chi connectivity index (χ3v) is 4.46. The second-order valence-corrected chi connectivity index (χ2v) is 6.78. The van der Waals surface area contributed by atoms with E-state index in [0.717, 1.165) is 26.9 Å². The van der Waals surface area contributed by atoms with E-state index in [0.29, 0.717) is 17.1 Å². The van der Waals surface area contributed by atoms with Crippen LogP contribution >= 0.6 is 15.9 Å². The zero-order chi connectivity index (χ0) is 17.3. The number of rotatable bonds is 3. The van der Waals surface area contributed by atoms with Crippen molar-refractivity contribution in [2.75, 3.05) is 5.32 Å². The van der Waals surface area contributed by atoms with Crippen LogP contribution < -0.4 is 5.32 Å². The van der Waals surface area contributed by atoms with Crippen LogP contribution in [0.15, 0.2) is 57.4 Å². The molecule has 0 radical (unpaired) electrons. The Morgan fingerprint density at radius 3 is 2.42 bits per heavy atom. The molecule has 0 bridgehead atoms. The molecule has 0 unspecified atom stereocenters. The van der Waals surface area contributed by atoms with Gasteiger partial charge < -0.3 is 9.73 Å². The molecule has 0 atom stereocenters. The minimum atomic E-state index is -0.159. The number of anilines is 1. The van der Waals surface area contributed by atoms with E-state index in [4.69, 9.17) is 4.42 Å². The Bertz CT molecular complexity index is 895. The first kappa shape index (κ1) is 16.5. The summed E-state index contributed by atoms with van der Waals surface area (Å²) in [6.45, 7) is 5.79. The maximum Gasteiger partial charge on any atom is 0.259 e. The number of hydrogen-bond donors (Lipinski definition) is 1. The first-order valence-electron chi connectivity index (χ1n) is 7.69. The van der Waals surface area contributed by atoms with Crippen molar-refractivity contribution in [3.8, 4) is 11.3 Å². The lowest BCUT2D eigenvalue weighted by atomic mass is 10.1. The number of hydrogen-bond acceptors (Lipinski definition) is 2. The van der Waals surface area contributed by atoms with Crippen molar-refractivity contribution in [3.63, 3.8) is 0 Å². The van der Waals surface area contributed by atoms with Crippen molar-refractivity contribution in [3.05, 3.63) is 75.5 Å². The van der Waals surface area contributed by atoms with Crippen LogP contribution in [0.3, 0.4) is 0 Å². The molecule has 1 heterocycles. The molecule has 122 valence electrons. The molecule has 2 aromatic carbocycles. The van der Waals surface area contributed by atoms with E-state index >= 15 is 0 Å². The third-order valence-electron chi connectivity index (χ3n) is 3.93. The predicted molar refractivity (Wildman–Crippen MR) is 100 cm³/mol. The summed E-state index contributed by atoms with van der Waals surface area (Å²) in [5, 5.41) is 2.98. The van der Waals surface area contributed by atoms with E-state index in [1.54, 1.807) is 13.0 Å². The summed E-state index contributed by atoms with van der Waals surface area (Å²) in [6.07, 6.45) is 0. The normalized spacial score (nSPS) is 10.7. The molecule has 0 fully saturated rings. The van der Waals surface area contributed by atoms with Crippen molar-refractivity contribution >= 4 is 27.5 Å². The standard InChI is InChI=1S/C20H18BrNO2/c1-12-4-5-13(2)18(10-12)22-20(23)17-11-19(24-14(17)3)15-6-8-16(21)9-7-15/h4-11H,1-3H3,(H,22,23). The van der Waals surface area contributed by atoms with E-state index in [2.05, 4.69) is 21.2 Å². The molecule has 24 heavy (non-hydrogen) atoms. The van der Waals surface area contributed by atoms with Gasteiger partial charge in [0.2, 0.25) is 0 Å². The van der Waals surface area contributed by atoms with Crippen LogP contribution in [0.25, 0.3) is 11.3 Å². The zero-order valence-corrected chi connectivity index (χ0v) is 15.4. The van der Waals surface area contributed by atoms with Gasteiger partial charge in [-0.15, -0.1) is 0 Å². The fourth-order valence-electron chi connectivity index (χ4n) is 2.52.